The quantitative estimate of drug-likeness (QED) is 0.471. The maximum Gasteiger partial charge on any atom is 0.522 e. The van der Waals surface area contributed by atoms with Crippen LogP contribution in [0.2, 0.25) is 0 Å². The molecule has 2 nitrogen and oxygen atoms in total. The number of halogens is 6. The fourth-order valence-corrected chi connectivity index (χ4v) is 1.42. The molecule has 1 aromatic rings. The molecule has 9 heteroatoms. The first kappa shape index (κ1) is 15.7. The van der Waals surface area contributed by atoms with Crippen LogP contribution in [-0.4, -0.2) is 26.6 Å². The third-order valence-corrected chi connectivity index (χ3v) is 2.21. The highest BCUT2D eigenvalue weighted by atomic mass is 19.4. The summed E-state index contributed by atoms with van der Waals surface area (Å²) in [5.74, 6) is 0.0621. The molecule has 0 fully saturated rings. The molecule has 0 spiro atoms. The summed E-state index contributed by atoms with van der Waals surface area (Å²) in [7, 11) is 0. The molecule has 0 aliphatic heterocycles. The highest BCUT2D eigenvalue weighted by Gasteiger charge is 2.29. The van der Waals surface area contributed by atoms with E-state index in [0.29, 0.717) is 0 Å². The molecular formula is C10H10BF6O2-. The fraction of sp³-hybridized carbons (Fsp3) is 0.400. The Labute approximate surface area is 105 Å². The Bertz CT molecular complexity index is 429. The molecule has 0 saturated carbocycles. The van der Waals surface area contributed by atoms with Crippen LogP contribution in [0.25, 0.3) is 0 Å². The van der Waals surface area contributed by atoms with E-state index in [1.807, 2.05) is 0 Å². The van der Waals surface area contributed by atoms with Crippen molar-refractivity contribution in [2.24, 2.45) is 0 Å². The summed E-state index contributed by atoms with van der Waals surface area (Å²) < 4.78 is 80.7. The van der Waals surface area contributed by atoms with Crippen LogP contribution in [0.15, 0.2) is 18.2 Å². The normalized spacial score (nSPS) is 12.6. The van der Waals surface area contributed by atoms with Crippen LogP contribution in [0.5, 0.6) is 5.75 Å². The zero-order valence-electron chi connectivity index (χ0n) is 9.81. The highest BCUT2D eigenvalue weighted by molar-refractivity contribution is 6.74. The molecule has 0 aliphatic carbocycles. The van der Waals surface area contributed by atoms with Crippen molar-refractivity contribution < 1.29 is 35.6 Å². The lowest BCUT2D eigenvalue weighted by molar-refractivity contribution is -0.325. The van der Waals surface area contributed by atoms with Crippen LogP contribution in [0, 0.1) is 6.92 Å². The molecule has 0 atom stereocenters. The third kappa shape index (κ3) is 5.42. The SMILES string of the molecule is Cc1cc(OCCOC(F)(F)F)ccc1[B-](F)(F)F. The van der Waals surface area contributed by atoms with Crippen molar-refractivity contribution in [2.45, 2.75) is 13.3 Å². The molecule has 0 radical (unpaired) electrons. The van der Waals surface area contributed by atoms with Crippen molar-refractivity contribution >= 4 is 12.4 Å². The first-order valence-electron chi connectivity index (χ1n) is 5.23. The summed E-state index contributed by atoms with van der Waals surface area (Å²) in [5.41, 5.74) is -0.791. The molecule has 0 saturated heterocycles. The van der Waals surface area contributed by atoms with Gasteiger partial charge in [0, 0.05) is 0 Å². The second-order valence-electron chi connectivity index (χ2n) is 3.74. The Balaban J connectivity index is 2.55. The van der Waals surface area contributed by atoms with Gasteiger partial charge in [0.05, 0.1) is 6.61 Å². The van der Waals surface area contributed by atoms with Crippen molar-refractivity contribution in [3.05, 3.63) is 23.8 Å². The van der Waals surface area contributed by atoms with Gasteiger partial charge in [-0.2, -0.15) is 0 Å². The van der Waals surface area contributed by atoms with E-state index in [2.05, 4.69) is 4.74 Å². The number of benzene rings is 1. The lowest BCUT2D eigenvalue weighted by Gasteiger charge is -2.18. The third-order valence-electron chi connectivity index (χ3n) is 2.21. The Morgan fingerprint density at radius 1 is 1.11 bits per heavy atom. The largest absolute Gasteiger partial charge is 0.522 e. The molecular weight excluding hydrogens is 277 g/mol. The van der Waals surface area contributed by atoms with Gasteiger partial charge in [-0.3, -0.25) is 4.74 Å². The van der Waals surface area contributed by atoms with Crippen LogP contribution in [0.4, 0.5) is 26.1 Å². The van der Waals surface area contributed by atoms with Crippen LogP contribution in [0.1, 0.15) is 5.56 Å². The van der Waals surface area contributed by atoms with Crippen molar-refractivity contribution in [2.75, 3.05) is 13.2 Å². The summed E-state index contributed by atoms with van der Waals surface area (Å²) in [6, 6.07) is 3.03. The average Bonchev–Trinajstić information content (AvgIpc) is 2.21. The van der Waals surface area contributed by atoms with Gasteiger partial charge in [0.1, 0.15) is 12.4 Å². The smallest absolute Gasteiger partial charge is 0.491 e. The van der Waals surface area contributed by atoms with Crippen LogP contribution < -0.4 is 10.2 Å². The van der Waals surface area contributed by atoms with Crippen molar-refractivity contribution in [1.29, 1.82) is 0 Å². The first-order chi connectivity index (χ1) is 8.59. The number of rotatable bonds is 5. The maximum absolute atomic E-state index is 12.5. The monoisotopic (exact) mass is 287 g/mol. The second-order valence-corrected chi connectivity index (χ2v) is 3.74. The van der Waals surface area contributed by atoms with E-state index in [1.54, 1.807) is 0 Å². The number of hydrogen-bond donors (Lipinski definition) is 0. The van der Waals surface area contributed by atoms with Gasteiger partial charge >= 0.3 is 13.3 Å². The zero-order valence-corrected chi connectivity index (χ0v) is 9.81. The van der Waals surface area contributed by atoms with Gasteiger partial charge < -0.3 is 17.7 Å². The maximum atomic E-state index is 12.5. The molecule has 1 aromatic carbocycles. The van der Waals surface area contributed by atoms with Gasteiger partial charge in [0.15, 0.2) is 0 Å². The lowest BCUT2D eigenvalue weighted by Crippen LogP contribution is -2.35. The molecule has 1 rings (SSSR count). The van der Waals surface area contributed by atoms with E-state index in [4.69, 9.17) is 4.74 Å². The molecule has 19 heavy (non-hydrogen) atoms. The standard InChI is InChI=1S/C10H10BF6O2/c1-7-6-8(2-3-9(7)11(15,16)17)18-4-5-19-10(12,13)14/h2-3,6H,4-5H2,1H3/q-1. The molecule has 0 amide bonds. The van der Waals surface area contributed by atoms with Gasteiger partial charge in [-0.1, -0.05) is 11.6 Å². The second kappa shape index (κ2) is 5.73. The molecule has 108 valence electrons. The Morgan fingerprint density at radius 3 is 2.21 bits per heavy atom. The van der Waals surface area contributed by atoms with E-state index in [1.165, 1.54) is 6.92 Å². The van der Waals surface area contributed by atoms with Gasteiger partial charge in [-0.05, 0) is 19.1 Å². The number of ether oxygens (including phenoxy) is 2. The Kier molecular flexibility index (Phi) is 4.73. The van der Waals surface area contributed by atoms with Crippen LogP contribution in [0.3, 0.4) is 0 Å². The molecule has 0 aromatic heterocycles. The summed E-state index contributed by atoms with van der Waals surface area (Å²) in [6.45, 7) is -4.99. The van der Waals surface area contributed by atoms with Crippen LogP contribution in [-0.2, 0) is 4.74 Å². The summed E-state index contributed by atoms with van der Waals surface area (Å²) in [4.78, 5) is 0. The van der Waals surface area contributed by atoms with Crippen LogP contribution >= 0.6 is 0 Å². The average molecular weight is 287 g/mol. The molecule has 0 N–H and O–H groups in total. The zero-order chi connectivity index (χ0) is 14.7. The van der Waals surface area contributed by atoms with E-state index in [9.17, 15) is 26.1 Å². The first-order valence-corrected chi connectivity index (χ1v) is 5.23. The predicted octanol–water partition coefficient (Wildman–Crippen LogP) is 2.96. The van der Waals surface area contributed by atoms with Crippen molar-refractivity contribution in [3.63, 3.8) is 0 Å². The topological polar surface area (TPSA) is 18.5 Å². The molecule has 0 aliphatic rings. The lowest BCUT2D eigenvalue weighted by atomic mass is 9.77. The minimum absolute atomic E-state index is 0.0401. The molecule has 0 unspecified atom stereocenters. The highest BCUT2D eigenvalue weighted by Crippen LogP contribution is 2.18. The summed E-state index contributed by atoms with van der Waals surface area (Å²) in [6.07, 6.45) is -4.75. The minimum Gasteiger partial charge on any atom is -0.491 e. The Hall–Kier alpha value is -1.38. The number of alkyl halides is 3. The fourth-order valence-electron chi connectivity index (χ4n) is 1.42. The molecule has 0 bridgehead atoms. The predicted molar refractivity (Wildman–Crippen MR) is 57.4 cm³/mol. The van der Waals surface area contributed by atoms with Gasteiger partial charge in [-0.15, -0.1) is 18.6 Å². The van der Waals surface area contributed by atoms with E-state index in [0.717, 1.165) is 18.2 Å². The van der Waals surface area contributed by atoms with Gasteiger partial charge in [0.25, 0.3) is 0 Å². The number of hydrogen-bond acceptors (Lipinski definition) is 2. The van der Waals surface area contributed by atoms with E-state index < -0.39 is 32.0 Å². The minimum atomic E-state index is -5.11. The van der Waals surface area contributed by atoms with E-state index >= 15 is 0 Å². The van der Waals surface area contributed by atoms with Crippen molar-refractivity contribution in [1.82, 2.24) is 0 Å². The summed E-state index contributed by atoms with van der Waals surface area (Å²) in [5, 5.41) is 0. The Morgan fingerprint density at radius 2 is 1.74 bits per heavy atom. The summed E-state index contributed by atoms with van der Waals surface area (Å²) >= 11 is 0. The van der Waals surface area contributed by atoms with E-state index in [-0.39, 0.29) is 11.3 Å². The molecule has 0 heterocycles. The van der Waals surface area contributed by atoms with Crippen molar-refractivity contribution in [3.8, 4) is 5.75 Å². The van der Waals surface area contributed by atoms with Gasteiger partial charge in [-0.25, -0.2) is 0 Å². The van der Waals surface area contributed by atoms with Gasteiger partial charge in [0.2, 0.25) is 0 Å². The number of aryl methyl sites for hydroxylation is 1.